The Morgan fingerprint density at radius 3 is 2.08 bits per heavy atom. The second-order valence-electron chi connectivity index (χ2n) is 3.55. The minimum absolute atomic E-state index is 0.244. The lowest BCUT2D eigenvalue weighted by atomic mass is 9.92. The van der Waals surface area contributed by atoms with Crippen LogP contribution in [0.2, 0.25) is 0 Å². The predicted octanol–water partition coefficient (Wildman–Crippen LogP) is 0.664. The molecular formula is C9H17NO3. The number of hydrogen-bond acceptors (Lipinski definition) is 3. The standard InChI is InChI=1S/C9H17NO3/c1-6-13-8(12)9(2,3)7(11)10(4)5/h6H2,1-5H3. The SMILES string of the molecule is CCOC(=O)C(C)(C)C(=O)N(C)C. The van der Waals surface area contributed by atoms with E-state index in [9.17, 15) is 9.59 Å². The average molecular weight is 187 g/mol. The third kappa shape index (κ3) is 2.72. The summed E-state index contributed by atoms with van der Waals surface area (Å²) in [5.74, 6) is -0.723. The van der Waals surface area contributed by atoms with Crippen molar-refractivity contribution >= 4 is 11.9 Å². The summed E-state index contributed by atoms with van der Waals surface area (Å²) in [7, 11) is 3.23. The minimum Gasteiger partial charge on any atom is -0.465 e. The first-order valence-corrected chi connectivity index (χ1v) is 4.23. The zero-order chi connectivity index (χ0) is 10.6. The highest BCUT2D eigenvalue weighted by Crippen LogP contribution is 2.19. The van der Waals surface area contributed by atoms with Crippen LogP contribution in [0.5, 0.6) is 0 Å². The average Bonchev–Trinajstić information content (AvgIpc) is 2.03. The van der Waals surface area contributed by atoms with Crippen LogP contribution in [-0.2, 0) is 14.3 Å². The Morgan fingerprint density at radius 1 is 1.31 bits per heavy atom. The maximum atomic E-state index is 11.5. The molecule has 0 radical (unpaired) electrons. The zero-order valence-corrected chi connectivity index (χ0v) is 8.88. The molecule has 13 heavy (non-hydrogen) atoms. The van der Waals surface area contributed by atoms with E-state index in [1.54, 1.807) is 34.9 Å². The number of amides is 1. The molecule has 0 aromatic heterocycles. The van der Waals surface area contributed by atoms with E-state index < -0.39 is 11.4 Å². The Bertz CT molecular complexity index is 209. The number of hydrogen-bond donors (Lipinski definition) is 0. The van der Waals surface area contributed by atoms with E-state index >= 15 is 0 Å². The second-order valence-corrected chi connectivity index (χ2v) is 3.55. The monoisotopic (exact) mass is 187 g/mol. The van der Waals surface area contributed by atoms with Gasteiger partial charge in [0.2, 0.25) is 5.91 Å². The van der Waals surface area contributed by atoms with Gasteiger partial charge in [-0.15, -0.1) is 0 Å². The number of esters is 1. The molecule has 0 fully saturated rings. The zero-order valence-electron chi connectivity index (χ0n) is 8.88. The van der Waals surface area contributed by atoms with E-state index in [2.05, 4.69) is 0 Å². The summed E-state index contributed by atoms with van der Waals surface area (Å²) in [5, 5.41) is 0. The molecule has 0 aromatic rings. The summed E-state index contributed by atoms with van der Waals surface area (Å²) in [5.41, 5.74) is -1.08. The van der Waals surface area contributed by atoms with Crippen molar-refractivity contribution in [3.05, 3.63) is 0 Å². The van der Waals surface area contributed by atoms with Crippen molar-refractivity contribution < 1.29 is 14.3 Å². The fourth-order valence-corrected chi connectivity index (χ4v) is 0.958. The predicted molar refractivity (Wildman–Crippen MR) is 49.1 cm³/mol. The van der Waals surface area contributed by atoms with Gasteiger partial charge in [0.1, 0.15) is 5.41 Å². The Hall–Kier alpha value is -1.06. The van der Waals surface area contributed by atoms with E-state index in [1.807, 2.05) is 0 Å². The molecule has 76 valence electrons. The molecule has 4 nitrogen and oxygen atoms in total. The quantitative estimate of drug-likeness (QED) is 0.482. The first-order chi connectivity index (χ1) is 5.84. The van der Waals surface area contributed by atoms with Crippen LogP contribution >= 0.6 is 0 Å². The lowest BCUT2D eigenvalue weighted by Crippen LogP contribution is -2.42. The fourth-order valence-electron chi connectivity index (χ4n) is 0.958. The molecule has 0 aromatic carbocycles. The van der Waals surface area contributed by atoms with Crippen molar-refractivity contribution in [3.63, 3.8) is 0 Å². The fraction of sp³-hybridized carbons (Fsp3) is 0.778. The van der Waals surface area contributed by atoms with Gasteiger partial charge in [-0.05, 0) is 20.8 Å². The number of ether oxygens (including phenoxy) is 1. The van der Waals surface area contributed by atoms with E-state index in [0.29, 0.717) is 6.61 Å². The summed E-state index contributed by atoms with van der Waals surface area (Å²) in [6.07, 6.45) is 0. The lowest BCUT2D eigenvalue weighted by Gasteiger charge is -2.24. The number of rotatable bonds is 3. The maximum Gasteiger partial charge on any atom is 0.321 e. The smallest absolute Gasteiger partial charge is 0.321 e. The summed E-state index contributed by atoms with van der Waals surface area (Å²) < 4.78 is 4.79. The molecule has 0 aliphatic carbocycles. The van der Waals surface area contributed by atoms with Gasteiger partial charge in [0.15, 0.2) is 0 Å². The van der Waals surface area contributed by atoms with E-state index in [0.717, 1.165) is 0 Å². The first kappa shape index (κ1) is 11.9. The van der Waals surface area contributed by atoms with E-state index in [4.69, 9.17) is 4.74 Å². The minimum atomic E-state index is -1.08. The van der Waals surface area contributed by atoms with Crippen molar-refractivity contribution in [2.45, 2.75) is 20.8 Å². The van der Waals surface area contributed by atoms with Crippen molar-refractivity contribution in [3.8, 4) is 0 Å². The van der Waals surface area contributed by atoms with Gasteiger partial charge >= 0.3 is 5.97 Å². The third-order valence-corrected chi connectivity index (χ3v) is 1.73. The number of carbonyl (C=O) groups excluding carboxylic acids is 2. The molecule has 0 heterocycles. The summed E-state index contributed by atoms with van der Waals surface area (Å²) in [6, 6.07) is 0. The van der Waals surface area contributed by atoms with Gasteiger partial charge in [0, 0.05) is 14.1 Å². The highest BCUT2D eigenvalue weighted by atomic mass is 16.5. The summed E-state index contributed by atoms with van der Waals surface area (Å²) in [4.78, 5) is 24.2. The van der Waals surface area contributed by atoms with Gasteiger partial charge < -0.3 is 9.64 Å². The lowest BCUT2D eigenvalue weighted by molar-refractivity contribution is -0.161. The van der Waals surface area contributed by atoms with E-state index in [-0.39, 0.29) is 5.91 Å². The van der Waals surface area contributed by atoms with Crippen LogP contribution in [0, 0.1) is 5.41 Å². The van der Waals surface area contributed by atoms with Crippen LogP contribution in [0.4, 0.5) is 0 Å². The Balaban J connectivity index is 4.55. The van der Waals surface area contributed by atoms with Crippen LogP contribution in [0.3, 0.4) is 0 Å². The molecule has 0 spiro atoms. The molecule has 0 aliphatic rings. The molecule has 0 bridgehead atoms. The molecule has 0 saturated heterocycles. The molecule has 0 rings (SSSR count). The van der Waals surface area contributed by atoms with Gasteiger partial charge in [-0.1, -0.05) is 0 Å². The van der Waals surface area contributed by atoms with Gasteiger partial charge in [-0.2, -0.15) is 0 Å². The molecule has 0 saturated carbocycles. The highest BCUT2D eigenvalue weighted by Gasteiger charge is 2.38. The molecule has 0 atom stereocenters. The molecule has 4 heteroatoms. The van der Waals surface area contributed by atoms with Gasteiger partial charge in [0.25, 0.3) is 0 Å². The first-order valence-electron chi connectivity index (χ1n) is 4.23. The van der Waals surface area contributed by atoms with E-state index in [1.165, 1.54) is 4.90 Å². The Labute approximate surface area is 78.9 Å². The number of nitrogens with zero attached hydrogens (tertiary/aromatic N) is 1. The Kier molecular flexibility index (Phi) is 3.91. The van der Waals surface area contributed by atoms with Crippen LogP contribution in [0.1, 0.15) is 20.8 Å². The van der Waals surface area contributed by atoms with Crippen molar-refractivity contribution in [2.24, 2.45) is 5.41 Å². The molecule has 1 amide bonds. The van der Waals surface area contributed by atoms with Crippen molar-refractivity contribution in [1.29, 1.82) is 0 Å². The molecule has 0 N–H and O–H groups in total. The van der Waals surface area contributed by atoms with Crippen LogP contribution in [0.25, 0.3) is 0 Å². The third-order valence-electron chi connectivity index (χ3n) is 1.73. The summed E-state index contributed by atoms with van der Waals surface area (Å²) in [6.45, 7) is 5.14. The van der Waals surface area contributed by atoms with Gasteiger partial charge in [-0.3, -0.25) is 9.59 Å². The van der Waals surface area contributed by atoms with Crippen LogP contribution < -0.4 is 0 Å². The van der Waals surface area contributed by atoms with Crippen molar-refractivity contribution in [1.82, 2.24) is 4.90 Å². The Morgan fingerprint density at radius 2 is 1.77 bits per heavy atom. The summed E-state index contributed by atoms with van der Waals surface area (Å²) >= 11 is 0. The van der Waals surface area contributed by atoms with Gasteiger partial charge in [-0.25, -0.2) is 0 Å². The van der Waals surface area contributed by atoms with Crippen molar-refractivity contribution in [2.75, 3.05) is 20.7 Å². The van der Waals surface area contributed by atoms with Gasteiger partial charge in [0.05, 0.1) is 6.61 Å². The normalized spacial score (nSPS) is 10.8. The molecule has 0 unspecified atom stereocenters. The number of carbonyl (C=O) groups is 2. The molecule has 0 aliphatic heterocycles. The largest absolute Gasteiger partial charge is 0.465 e. The van der Waals surface area contributed by atoms with Crippen LogP contribution in [0.15, 0.2) is 0 Å². The molecular weight excluding hydrogens is 170 g/mol. The van der Waals surface area contributed by atoms with Crippen LogP contribution in [-0.4, -0.2) is 37.5 Å². The second kappa shape index (κ2) is 4.25. The maximum absolute atomic E-state index is 11.5. The topological polar surface area (TPSA) is 46.6 Å². The highest BCUT2D eigenvalue weighted by molar-refractivity contribution is 6.01.